The van der Waals surface area contributed by atoms with Gasteiger partial charge in [-0.25, -0.2) is 0 Å². The minimum absolute atomic E-state index is 0.423. The van der Waals surface area contributed by atoms with E-state index in [0.717, 1.165) is 12.1 Å². The Hall–Kier alpha value is -1.50. The molecule has 25 heavy (non-hydrogen) atoms. The molecule has 0 radical (unpaired) electrons. The Bertz CT molecular complexity index is 632. The van der Waals surface area contributed by atoms with Crippen molar-refractivity contribution in [2.24, 2.45) is 16.7 Å². The number of hydrogen-bond acceptors (Lipinski definition) is 1. The summed E-state index contributed by atoms with van der Waals surface area (Å²) in [6, 6.07) is 8.62. The van der Waals surface area contributed by atoms with Gasteiger partial charge in [-0.3, -0.25) is 0 Å². The molecular weight excluding hydrogens is 302 g/mol. The first-order valence-corrected chi connectivity index (χ1v) is 9.73. The van der Waals surface area contributed by atoms with Gasteiger partial charge in [0.15, 0.2) is 0 Å². The number of benzene rings is 1. The van der Waals surface area contributed by atoms with Gasteiger partial charge in [0.2, 0.25) is 0 Å². The molecule has 1 fully saturated rings. The SMILES string of the molecule is C=C(c1ccccc1CC)N(C)/C=C(\C)C1CC(C)(C)CC(C)(C)C1. The van der Waals surface area contributed by atoms with Gasteiger partial charge in [0.25, 0.3) is 0 Å². The van der Waals surface area contributed by atoms with Gasteiger partial charge in [-0.1, -0.05) is 71.0 Å². The van der Waals surface area contributed by atoms with Crippen molar-refractivity contribution in [3.63, 3.8) is 0 Å². The summed E-state index contributed by atoms with van der Waals surface area (Å²) in [5.74, 6) is 0.662. The predicted molar refractivity (Wildman–Crippen MR) is 111 cm³/mol. The van der Waals surface area contributed by atoms with E-state index in [0.29, 0.717) is 16.7 Å². The maximum Gasteiger partial charge on any atom is 0.0406 e. The Labute approximate surface area is 155 Å². The predicted octanol–water partition coefficient (Wildman–Crippen LogP) is 6.91. The van der Waals surface area contributed by atoms with E-state index in [1.54, 1.807) is 0 Å². The molecule has 1 aliphatic rings. The van der Waals surface area contributed by atoms with Crippen molar-refractivity contribution in [3.05, 3.63) is 53.7 Å². The van der Waals surface area contributed by atoms with Crippen LogP contribution in [0.25, 0.3) is 5.70 Å². The molecule has 1 aromatic carbocycles. The molecule has 1 aliphatic carbocycles. The van der Waals surface area contributed by atoms with Gasteiger partial charge in [0.1, 0.15) is 0 Å². The van der Waals surface area contributed by atoms with Crippen LogP contribution >= 0.6 is 0 Å². The fourth-order valence-corrected chi connectivity index (χ4v) is 4.96. The molecule has 0 saturated heterocycles. The molecule has 138 valence electrons. The van der Waals surface area contributed by atoms with Gasteiger partial charge >= 0.3 is 0 Å². The number of nitrogens with zero attached hydrogens (tertiary/aromatic N) is 1. The number of allylic oxidation sites excluding steroid dienone is 1. The van der Waals surface area contributed by atoms with Gasteiger partial charge in [0, 0.05) is 24.5 Å². The van der Waals surface area contributed by atoms with Crippen LogP contribution in [0.15, 0.2) is 42.6 Å². The molecule has 0 aliphatic heterocycles. The Balaban J connectivity index is 2.19. The summed E-state index contributed by atoms with van der Waals surface area (Å²) in [4.78, 5) is 2.22. The van der Waals surface area contributed by atoms with Gasteiger partial charge in [0.05, 0.1) is 0 Å². The van der Waals surface area contributed by atoms with Crippen LogP contribution in [-0.4, -0.2) is 11.9 Å². The topological polar surface area (TPSA) is 3.24 Å². The monoisotopic (exact) mass is 339 g/mol. The van der Waals surface area contributed by atoms with Crippen LogP contribution in [0.3, 0.4) is 0 Å². The molecule has 2 rings (SSSR count). The fourth-order valence-electron chi connectivity index (χ4n) is 4.96. The van der Waals surface area contributed by atoms with Crippen LogP contribution in [-0.2, 0) is 6.42 Å². The van der Waals surface area contributed by atoms with Gasteiger partial charge in [-0.15, -0.1) is 0 Å². The molecule has 0 aromatic heterocycles. The van der Waals surface area contributed by atoms with Crippen molar-refractivity contribution >= 4 is 5.70 Å². The lowest BCUT2D eigenvalue weighted by Crippen LogP contribution is -2.34. The van der Waals surface area contributed by atoms with Crippen LogP contribution in [0.4, 0.5) is 0 Å². The maximum atomic E-state index is 4.37. The Morgan fingerprint density at radius 2 is 1.72 bits per heavy atom. The summed E-state index contributed by atoms with van der Waals surface area (Å²) >= 11 is 0. The first-order chi connectivity index (χ1) is 11.5. The molecule has 1 nitrogen and oxygen atoms in total. The summed E-state index contributed by atoms with van der Waals surface area (Å²) in [6.45, 7) is 18.6. The molecule has 0 amide bonds. The lowest BCUT2D eigenvalue weighted by atomic mass is 9.60. The van der Waals surface area contributed by atoms with Crippen molar-refractivity contribution in [2.75, 3.05) is 7.05 Å². The van der Waals surface area contributed by atoms with Crippen molar-refractivity contribution in [1.82, 2.24) is 4.90 Å². The minimum Gasteiger partial charge on any atom is -0.351 e. The zero-order valence-electron chi connectivity index (χ0n) is 17.4. The van der Waals surface area contributed by atoms with Crippen molar-refractivity contribution < 1.29 is 0 Å². The van der Waals surface area contributed by atoms with Crippen LogP contribution in [0, 0.1) is 16.7 Å². The number of aryl methyl sites for hydroxylation is 1. The summed E-state index contributed by atoms with van der Waals surface area (Å²) < 4.78 is 0. The second-order valence-corrected chi connectivity index (χ2v) is 9.55. The van der Waals surface area contributed by atoms with E-state index in [1.165, 1.54) is 36.0 Å². The van der Waals surface area contributed by atoms with Crippen molar-refractivity contribution in [3.8, 4) is 0 Å². The average molecular weight is 340 g/mol. The zero-order chi connectivity index (χ0) is 18.8. The number of rotatable bonds is 5. The molecule has 1 aromatic rings. The summed E-state index contributed by atoms with van der Waals surface area (Å²) in [5.41, 5.74) is 6.05. The molecule has 0 N–H and O–H groups in total. The van der Waals surface area contributed by atoms with E-state index in [2.05, 4.69) is 90.5 Å². The highest BCUT2D eigenvalue weighted by atomic mass is 15.1. The Morgan fingerprint density at radius 3 is 2.28 bits per heavy atom. The van der Waals surface area contributed by atoms with Crippen LogP contribution in [0.2, 0.25) is 0 Å². The highest BCUT2D eigenvalue weighted by Gasteiger charge is 2.38. The highest BCUT2D eigenvalue weighted by molar-refractivity contribution is 5.65. The molecule has 1 saturated carbocycles. The van der Waals surface area contributed by atoms with E-state index in [-0.39, 0.29) is 0 Å². The van der Waals surface area contributed by atoms with E-state index in [4.69, 9.17) is 0 Å². The molecule has 0 bridgehead atoms. The van der Waals surface area contributed by atoms with Gasteiger partial charge in [-0.05, 0) is 54.9 Å². The molecule has 0 unspecified atom stereocenters. The molecule has 1 heteroatoms. The van der Waals surface area contributed by atoms with Crippen LogP contribution in [0.1, 0.15) is 71.9 Å². The Morgan fingerprint density at radius 1 is 1.16 bits per heavy atom. The molecule has 0 spiro atoms. The van der Waals surface area contributed by atoms with E-state index >= 15 is 0 Å². The smallest absolute Gasteiger partial charge is 0.0406 e. The molecule has 0 atom stereocenters. The van der Waals surface area contributed by atoms with Crippen LogP contribution < -0.4 is 0 Å². The second-order valence-electron chi connectivity index (χ2n) is 9.55. The number of hydrogen-bond donors (Lipinski definition) is 0. The maximum absolute atomic E-state index is 4.37. The molecule has 0 heterocycles. The third kappa shape index (κ3) is 5.00. The average Bonchev–Trinajstić information content (AvgIpc) is 2.51. The third-order valence-corrected chi connectivity index (χ3v) is 5.73. The molecular formula is C24H37N. The minimum atomic E-state index is 0.423. The van der Waals surface area contributed by atoms with Crippen molar-refractivity contribution in [1.29, 1.82) is 0 Å². The first kappa shape index (κ1) is 19.8. The summed E-state index contributed by atoms with van der Waals surface area (Å²) in [5, 5.41) is 0. The highest BCUT2D eigenvalue weighted by Crippen LogP contribution is 2.50. The summed E-state index contributed by atoms with van der Waals surface area (Å²) in [7, 11) is 2.14. The van der Waals surface area contributed by atoms with E-state index < -0.39 is 0 Å². The first-order valence-electron chi connectivity index (χ1n) is 9.73. The van der Waals surface area contributed by atoms with Crippen molar-refractivity contribution in [2.45, 2.75) is 67.2 Å². The Kier molecular flexibility index (Phi) is 5.86. The summed E-state index contributed by atoms with van der Waals surface area (Å²) in [6.07, 6.45) is 7.24. The second kappa shape index (κ2) is 7.40. The van der Waals surface area contributed by atoms with E-state index in [9.17, 15) is 0 Å². The van der Waals surface area contributed by atoms with Crippen LogP contribution in [0.5, 0.6) is 0 Å². The largest absolute Gasteiger partial charge is 0.351 e. The van der Waals surface area contributed by atoms with Gasteiger partial charge in [-0.2, -0.15) is 0 Å². The standard InChI is InChI=1S/C24H37N/c1-9-20-12-10-11-13-22(20)19(3)25(8)16-18(2)21-14-23(4,5)17-24(6,7)15-21/h10-13,16,21H,3,9,14-15,17H2,1-2,4-8H3/b18-16+. The zero-order valence-corrected chi connectivity index (χ0v) is 17.4. The lowest BCUT2D eigenvalue weighted by Gasteiger charge is -2.45. The quantitative estimate of drug-likeness (QED) is 0.563. The van der Waals surface area contributed by atoms with E-state index in [1.807, 2.05) is 0 Å². The normalized spacial score (nSPS) is 20.4. The fraction of sp³-hybridized carbons (Fsp3) is 0.583. The third-order valence-electron chi connectivity index (χ3n) is 5.73. The lowest BCUT2D eigenvalue weighted by molar-refractivity contribution is 0.0814. The van der Waals surface area contributed by atoms with Gasteiger partial charge < -0.3 is 4.90 Å².